The molecule has 1 N–H and O–H groups in total. The fraction of sp³-hybridized carbons (Fsp3) is 0.0667. The molecule has 0 spiro atoms. The quantitative estimate of drug-likeness (QED) is 0.396. The number of fused-ring (bicyclic) bond motifs is 1. The molecular formula is C15H9ClN4O2. The minimum atomic E-state index is -1.96. The summed E-state index contributed by atoms with van der Waals surface area (Å²) in [4.78, 5) is 28.2. The van der Waals surface area contributed by atoms with Crippen molar-refractivity contribution in [2.75, 3.05) is 5.32 Å². The first kappa shape index (κ1) is 14.1. The Hall–Kier alpha value is -2.82. The maximum absolute atomic E-state index is 12.9. The summed E-state index contributed by atoms with van der Waals surface area (Å²) in [5, 5.41) is 6.38. The Labute approximate surface area is 130 Å². The topological polar surface area (TPSA) is 94.9 Å². The number of Topliss-reactive ketones (excluding diaryl/α,β-unsaturated/α-hetero) is 1. The third kappa shape index (κ3) is 1.86. The summed E-state index contributed by atoms with van der Waals surface area (Å²) in [6.07, 6.45) is 0. The SMILES string of the molecule is [N-]=[N+]=NC1(c2ccccc2)C(=O)Nc2c(Cl)cccc2C1=O. The van der Waals surface area contributed by atoms with Crippen LogP contribution in [0.1, 0.15) is 15.9 Å². The first-order valence-electron chi connectivity index (χ1n) is 6.38. The van der Waals surface area contributed by atoms with Crippen molar-refractivity contribution in [3.8, 4) is 0 Å². The van der Waals surface area contributed by atoms with Crippen molar-refractivity contribution >= 4 is 29.0 Å². The van der Waals surface area contributed by atoms with Crippen LogP contribution < -0.4 is 5.32 Å². The summed E-state index contributed by atoms with van der Waals surface area (Å²) in [5.74, 6) is -1.32. The molecule has 2 aromatic rings. The number of azide groups is 1. The molecule has 108 valence electrons. The van der Waals surface area contributed by atoms with Gasteiger partial charge < -0.3 is 5.32 Å². The van der Waals surface area contributed by atoms with Gasteiger partial charge >= 0.3 is 0 Å². The number of nitrogens with one attached hydrogen (secondary N) is 1. The summed E-state index contributed by atoms with van der Waals surface area (Å²) in [6.45, 7) is 0. The van der Waals surface area contributed by atoms with E-state index in [1.807, 2.05) is 0 Å². The second-order valence-corrected chi connectivity index (χ2v) is 5.12. The number of benzene rings is 2. The molecule has 3 rings (SSSR count). The molecular weight excluding hydrogens is 304 g/mol. The molecule has 0 saturated carbocycles. The van der Waals surface area contributed by atoms with Gasteiger partial charge in [-0.2, -0.15) is 0 Å². The number of carbonyl (C=O) groups is 2. The molecule has 1 amide bonds. The fourth-order valence-electron chi connectivity index (χ4n) is 2.50. The molecule has 2 aromatic carbocycles. The van der Waals surface area contributed by atoms with Crippen LogP contribution in [0.5, 0.6) is 0 Å². The molecule has 22 heavy (non-hydrogen) atoms. The Bertz CT molecular complexity index is 831. The van der Waals surface area contributed by atoms with Crippen LogP contribution in [0.15, 0.2) is 53.6 Å². The summed E-state index contributed by atoms with van der Waals surface area (Å²) in [7, 11) is 0. The lowest BCUT2D eigenvalue weighted by Crippen LogP contribution is -2.49. The lowest BCUT2D eigenvalue weighted by molar-refractivity contribution is -0.120. The van der Waals surface area contributed by atoms with Crippen LogP contribution in [0.2, 0.25) is 5.02 Å². The molecule has 1 atom stereocenters. The van der Waals surface area contributed by atoms with Gasteiger partial charge in [0, 0.05) is 10.5 Å². The van der Waals surface area contributed by atoms with Crippen LogP contribution in [-0.4, -0.2) is 11.7 Å². The fourth-order valence-corrected chi connectivity index (χ4v) is 2.72. The predicted molar refractivity (Wildman–Crippen MR) is 81.7 cm³/mol. The van der Waals surface area contributed by atoms with E-state index in [9.17, 15) is 9.59 Å². The van der Waals surface area contributed by atoms with Crippen LogP contribution in [-0.2, 0) is 10.3 Å². The Morgan fingerprint density at radius 2 is 1.82 bits per heavy atom. The maximum atomic E-state index is 12.9. The average molecular weight is 313 g/mol. The molecule has 0 aliphatic carbocycles. The standard InChI is InChI=1S/C15H9ClN4O2/c16-11-8-4-7-10-12(11)18-14(22)15(13(10)21,19-20-17)9-5-2-1-3-6-9/h1-8H,(H,18,22). The van der Waals surface area contributed by atoms with Gasteiger partial charge in [0.2, 0.25) is 11.4 Å². The second kappa shape index (κ2) is 5.18. The molecule has 1 aliphatic heterocycles. The largest absolute Gasteiger partial charge is 0.323 e. The number of nitrogens with zero attached hydrogens (tertiary/aromatic N) is 3. The van der Waals surface area contributed by atoms with E-state index < -0.39 is 17.2 Å². The molecule has 0 radical (unpaired) electrons. The monoisotopic (exact) mass is 312 g/mol. The highest BCUT2D eigenvalue weighted by molar-refractivity contribution is 6.37. The van der Waals surface area contributed by atoms with Gasteiger partial charge in [0.05, 0.1) is 10.7 Å². The normalized spacial score (nSPS) is 19.9. The van der Waals surface area contributed by atoms with Crippen molar-refractivity contribution in [3.05, 3.63) is 75.1 Å². The molecule has 1 aliphatic rings. The third-order valence-corrected chi connectivity index (χ3v) is 3.86. The zero-order chi connectivity index (χ0) is 15.7. The number of rotatable bonds is 2. The second-order valence-electron chi connectivity index (χ2n) is 4.71. The molecule has 7 heteroatoms. The van der Waals surface area contributed by atoms with Gasteiger partial charge in [-0.05, 0) is 23.2 Å². The predicted octanol–water partition coefficient (Wildman–Crippen LogP) is 3.68. The van der Waals surface area contributed by atoms with E-state index in [4.69, 9.17) is 17.1 Å². The highest BCUT2D eigenvalue weighted by Gasteiger charge is 2.51. The van der Waals surface area contributed by atoms with Crippen LogP contribution >= 0.6 is 11.6 Å². The van der Waals surface area contributed by atoms with Crippen molar-refractivity contribution in [1.82, 2.24) is 0 Å². The number of hydrogen-bond acceptors (Lipinski definition) is 3. The summed E-state index contributed by atoms with van der Waals surface area (Å²) in [6, 6.07) is 12.9. The first-order chi connectivity index (χ1) is 10.6. The van der Waals surface area contributed by atoms with Gasteiger partial charge in [-0.25, -0.2) is 0 Å². The van der Waals surface area contributed by atoms with Crippen LogP contribution in [0.25, 0.3) is 10.4 Å². The highest BCUT2D eigenvalue weighted by Crippen LogP contribution is 2.40. The zero-order valence-corrected chi connectivity index (χ0v) is 11.9. The van der Waals surface area contributed by atoms with Crippen LogP contribution in [0, 0.1) is 0 Å². The number of halogens is 1. The number of para-hydroxylation sites is 1. The van der Waals surface area contributed by atoms with Gasteiger partial charge in [-0.3, -0.25) is 9.59 Å². The van der Waals surface area contributed by atoms with Crippen molar-refractivity contribution < 1.29 is 9.59 Å². The number of anilines is 1. The first-order valence-corrected chi connectivity index (χ1v) is 6.75. The smallest absolute Gasteiger partial charge is 0.249 e. The van der Waals surface area contributed by atoms with E-state index in [1.165, 1.54) is 6.07 Å². The van der Waals surface area contributed by atoms with Gasteiger partial charge in [0.15, 0.2) is 5.78 Å². The van der Waals surface area contributed by atoms with Crippen molar-refractivity contribution in [1.29, 1.82) is 0 Å². The molecule has 1 heterocycles. The van der Waals surface area contributed by atoms with E-state index in [0.717, 1.165) is 0 Å². The van der Waals surface area contributed by atoms with Crippen LogP contribution in [0.4, 0.5) is 5.69 Å². The minimum absolute atomic E-state index is 0.211. The lowest BCUT2D eigenvalue weighted by atomic mass is 9.79. The van der Waals surface area contributed by atoms with Gasteiger partial charge in [0.25, 0.3) is 0 Å². The maximum Gasteiger partial charge on any atom is 0.249 e. The average Bonchev–Trinajstić information content (AvgIpc) is 2.53. The highest BCUT2D eigenvalue weighted by atomic mass is 35.5. The van der Waals surface area contributed by atoms with Gasteiger partial charge in [-0.1, -0.05) is 53.1 Å². The van der Waals surface area contributed by atoms with Gasteiger partial charge in [-0.15, -0.1) is 0 Å². The summed E-state index contributed by atoms with van der Waals surface area (Å²) < 4.78 is 0. The molecule has 0 fully saturated rings. The number of carbonyl (C=O) groups excluding carboxylic acids is 2. The van der Waals surface area contributed by atoms with E-state index in [0.29, 0.717) is 5.56 Å². The molecule has 0 bridgehead atoms. The Balaban J connectivity index is 2.31. The third-order valence-electron chi connectivity index (χ3n) is 3.54. The number of amides is 1. The van der Waals surface area contributed by atoms with E-state index in [1.54, 1.807) is 42.5 Å². The summed E-state index contributed by atoms with van der Waals surface area (Å²) >= 11 is 6.02. The lowest BCUT2D eigenvalue weighted by Gasteiger charge is -2.32. The van der Waals surface area contributed by atoms with E-state index >= 15 is 0 Å². The summed E-state index contributed by atoms with van der Waals surface area (Å²) in [5.41, 5.74) is 7.67. The zero-order valence-electron chi connectivity index (χ0n) is 11.2. The van der Waals surface area contributed by atoms with Crippen molar-refractivity contribution in [2.24, 2.45) is 5.11 Å². The molecule has 0 saturated heterocycles. The Kier molecular flexibility index (Phi) is 3.33. The number of ketones is 1. The Morgan fingerprint density at radius 1 is 1.09 bits per heavy atom. The van der Waals surface area contributed by atoms with E-state index in [-0.39, 0.29) is 16.3 Å². The van der Waals surface area contributed by atoms with E-state index in [2.05, 4.69) is 15.3 Å². The van der Waals surface area contributed by atoms with Crippen molar-refractivity contribution in [2.45, 2.75) is 5.54 Å². The minimum Gasteiger partial charge on any atom is -0.323 e. The van der Waals surface area contributed by atoms with Crippen molar-refractivity contribution in [3.63, 3.8) is 0 Å². The Morgan fingerprint density at radius 3 is 2.50 bits per heavy atom. The molecule has 6 nitrogen and oxygen atoms in total. The molecule has 0 aromatic heterocycles. The molecule has 1 unspecified atom stereocenters. The van der Waals surface area contributed by atoms with Crippen LogP contribution in [0.3, 0.4) is 0 Å². The van der Waals surface area contributed by atoms with Gasteiger partial charge in [0.1, 0.15) is 0 Å². The number of hydrogen-bond donors (Lipinski definition) is 1.